The third kappa shape index (κ3) is 4.49. The first-order valence-corrected chi connectivity index (χ1v) is 10.3. The van der Waals surface area contributed by atoms with E-state index < -0.39 is 0 Å². The van der Waals surface area contributed by atoms with Crippen LogP contribution in [0, 0.1) is 0 Å². The monoisotopic (exact) mass is 444 g/mol. The van der Waals surface area contributed by atoms with Gasteiger partial charge in [0.1, 0.15) is 0 Å². The maximum atomic E-state index is 12.9. The fraction of sp³-hybridized carbons (Fsp3) is 0.474. The van der Waals surface area contributed by atoms with E-state index in [2.05, 4.69) is 9.88 Å². The number of pyridine rings is 1. The molecule has 6 nitrogen and oxygen atoms in total. The van der Waals surface area contributed by atoms with Gasteiger partial charge in [-0.1, -0.05) is 0 Å². The van der Waals surface area contributed by atoms with Crippen LogP contribution in [0.25, 0.3) is 10.9 Å². The van der Waals surface area contributed by atoms with Crippen LogP contribution in [-0.2, 0) is 12.2 Å². The minimum atomic E-state index is 0. The van der Waals surface area contributed by atoms with Gasteiger partial charge < -0.3 is 15.6 Å². The van der Waals surface area contributed by atoms with Gasteiger partial charge in [-0.2, -0.15) is 11.8 Å². The number of aromatic amines is 1. The van der Waals surface area contributed by atoms with Gasteiger partial charge in [-0.25, -0.2) is 0 Å². The zero-order chi connectivity index (χ0) is 18.1. The number of H-pyrrole nitrogens is 1. The van der Waals surface area contributed by atoms with E-state index in [0.29, 0.717) is 12.1 Å². The number of fused-ring (bicyclic) bond motifs is 3. The Balaban J connectivity index is 0.00000140. The van der Waals surface area contributed by atoms with Gasteiger partial charge in [0.05, 0.1) is 0 Å². The van der Waals surface area contributed by atoms with Crippen molar-refractivity contribution >= 4 is 53.4 Å². The van der Waals surface area contributed by atoms with Crippen LogP contribution >= 0.6 is 36.6 Å². The molecule has 1 aromatic heterocycles. The molecule has 4 rings (SSSR count). The Hall–Kier alpha value is -1.25. The van der Waals surface area contributed by atoms with Crippen molar-refractivity contribution in [3.05, 3.63) is 45.2 Å². The number of hydrogen-bond acceptors (Lipinski definition) is 5. The summed E-state index contributed by atoms with van der Waals surface area (Å²) in [6, 6.07) is 5.67. The standard InChI is InChI=1S/C19H24N4O2S.2ClH/c20-4-5-22-6-8-23(9-7-22)19(25)13-1-2-17-15(11-13)14-3-10-26-12-16(14)18(24)21-17;;/h1-2,11H,3-10,12,20H2,(H,21,24);2*1H. The fourth-order valence-electron chi connectivity index (χ4n) is 3.86. The number of rotatable bonds is 3. The van der Waals surface area contributed by atoms with Crippen molar-refractivity contribution < 1.29 is 4.79 Å². The molecule has 28 heavy (non-hydrogen) atoms. The van der Waals surface area contributed by atoms with Gasteiger partial charge in [0.25, 0.3) is 11.5 Å². The molecule has 0 bridgehead atoms. The molecule has 0 aliphatic carbocycles. The first-order chi connectivity index (χ1) is 12.7. The SMILES string of the molecule is Cl.Cl.NCCN1CCN(C(=O)c2ccc3[nH]c(=O)c4c(c3c2)CCSC4)CC1. The van der Waals surface area contributed by atoms with Crippen LogP contribution in [0.4, 0.5) is 0 Å². The number of nitrogens with zero attached hydrogens (tertiary/aromatic N) is 2. The molecule has 3 N–H and O–H groups in total. The number of piperazine rings is 1. The number of aryl methyl sites for hydroxylation is 1. The zero-order valence-electron chi connectivity index (χ0n) is 15.6. The van der Waals surface area contributed by atoms with E-state index in [-0.39, 0.29) is 36.3 Å². The molecule has 154 valence electrons. The Kier molecular flexibility index (Phi) is 8.21. The van der Waals surface area contributed by atoms with Gasteiger partial charge in [-0.3, -0.25) is 14.5 Å². The van der Waals surface area contributed by atoms with E-state index in [4.69, 9.17) is 5.73 Å². The Labute approximate surface area is 181 Å². The van der Waals surface area contributed by atoms with Gasteiger partial charge >= 0.3 is 0 Å². The summed E-state index contributed by atoms with van der Waals surface area (Å²) >= 11 is 1.79. The third-order valence-electron chi connectivity index (χ3n) is 5.33. The van der Waals surface area contributed by atoms with Crippen LogP contribution in [-0.4, -0.2) is 65.7 Å². The number of thioether (sulfide) groups is 1. The van der Waals surface area contributed by atoms with E-state index in [9.17, 15) is 9.59 Å². The van der Waals surface area contributed by atoms with Crippen molar-refractivity contribution in [2.24, 2.45) is 5.73 Å². The summed E-state index contributed by atoms with van der Waals surface area (Å²) in [5.41, 5.74) is 9.14. The summed E-state index contributed by atoms with van der Waals surface area (Å²) in [6.45, 7) is 4.75. The number of amides is 1. The van der Waals surface area contributed by atoms with E-state index in [1.54, 1.807) is 11.8 Å². The maximum Gasteiger partial charge on any atom is 0.253 e. The second-order valence-electron chi connectivity index (χ2n) is 6.90. The molecule has 2 aliphatic heterocycles. The van der Waals surface area contributed by atoms with Crippen LogP contribution in [0.3, 0.4) is 0 Å². The van der Waals surface area contributed by atoms with Crippen molar-refractivity contribution in [3.8, 4) is 0 Å². The first-order valence-electron chi connectivity index (χ1n) is 9.14. The average Bonchev–Trinajstić information content (AvgIpc) is 2.68. The van der Waals surface area contributed by atoms with E-state index in [0.717, 1.165) is 72.7 Å². The Bertz CT molecular complexity index is 897. The summed E-state index contributed by atoms with van der Waals surface area (Å²) in [5.74, 6) is 1.85. The summed E-state index contributed by atoms with van der Waals surface area (Å²) in [7, 11) is 0. The van der Waals surface area contributed by atoms with Crippen molar-refractivity contribution in [2.45, 2.75) is 12.2 Å². The molecular weight excluding hydrogens is 419 g/mol. The second-order valence-corrected chi connectivity index (χ2v) is 8.00. The molecule has 3 heterocycles. The molecular formula is C19H26Cl2N4O2S. The molecule has 1 amide bonds. The van der Waals surface area contributed by atoms with Crippen molar-refractivity contribution in [3.63, 3.8) is 0 Å². The minimum absolute atomic E-state index is 0. The lowest BCUT2D eigenvalue weighted by Gasteiger charge is -2.34. The van der Waals surface area contributed by atoms with Crippen molar-refractivity contribution in [1.29, 1.82) is 0 Å². The number of nitrogens with two attached hydrogens (primary N) is 1. The Morgan fingerprint density at radius 3 is 2.61 bits per heavy atom. The van der Waals surface area contributed by atoms with E-state index >= 15 is 0 Å². The number of aromatic nitrogens is 1. The predicted octanol–water partition coefficient (Wildman–Crippen LogP) is 1.88. The molecule has 0 spiro atoms. The molecule has 2 aromatic rings. The van der Waals surface area contributed by atoms with Gasteiger partial charge in [0, 0.05) is 67.1 Å². The lowest BCUT2D eigenvalue weighted by Crippen LogP contribution is -2.49. The van der Waals surface area contributed by atoms with E-state index in [1.165, 1.54) is 0 Å². The number of carbonyl (C=O) groups excluding carboxylic acids is 1. The summed E-state index contributed by atoms with van der Waals surface area (Å²) < 4.78 is 0. The van der Waals surface area contributed by atoms with Crippen molar-refractivity contribution in [2.75, 3.05) is 45.0 Å². The highest BCUT2D eigenvalue weighted by molar-refractivity contribution is 7.98. The second kappa shape index (κ2) is 9.98. The van der Waals surface area contributed by atoms with Gasteiger partial charge in [-0.15, -0.1) is 24.8 Å². The molecule has 1 fully saturated rings. The average molecular weight is 445 g/mol. The van der Waals surface area contributed by atoms with Crippen LogP contribution in [0.2, 0.25) is 0 Å². The molecule has 0 radical (unpaired) electrons. The van der Waals surface area contributed by atoms with E-state index in [1.807, 2.05) is 23.1 Å². The van der Waals surface area contributed by atoms with Gasteiger partial charge in [0.2, 0.25) is 0 Å². The molecule has 1 saturated heterocycles. The highest BCUT2D eigenvalue weighted by atomic mass is 35.5. The fourth-order valence-corrected chi connectivity index (χ4v) is 4.86. The Morgan fingerprint density at radius 2 is 1.89 bits per heavy atom. The van der Waals surface area contributed by atoms with Crippen molar-refractivity contribution in [1.82, 2.24) is 14.8 Å². The number of nitrogens with one attached hydrogen (secondary N) is 1. The smallest absolute Gasteiger partial charge is 0.253 e. The lowest BCUT2D eigenvalue weighted by atomic mass is 9.99. The number of hydrogen-bond donors (Lipinski definition) is 2. The topological polar surface area (TPSA) is 82.4 Å². The van der Waals surface area contributed by atoms with Crippen LogP contribution < -0.4 is 11.3 Å². The molecule has 1 aromatic carbocycles. The van der Waals surface area contributed by atoms with Crippen LogP contribution in [0.1, 0.15) is 21.5 Å². The molecule has 0 atom stereocenters. The molecule has 0 saturated carbocycles. The minimum Gasteiger partial charge on any atom is -0.336 e. The van der Waals surface area contributed by atoms with Gasteiger partial charge in [-0.05, 0) is 35.9 Å². The predicted molar refractivity (Wildman–Crippen MR) is 120 cm³/mol. The highest BCUT2D eigenvalue weighted by Crippen LogP contribution is 2.28. The Morgan fingerprint density at radius 1 is 1.14 bits per heavy atom. The summed E-state index contributed by atoms with van der Waals surface area (Å²) in [6.07, 6.45) is 0.885. The highest BCUT2D eigenvalue weighted by Gasteiger charge is 2.23. The molecule has 9 heteroatoms. The number of carbonyl (C=O) groups is 1. The maximum absolute atomic E-state index is 12.9. The quantitative estimate of drug-likeness (QED) is 0.754. The third-order valence-corrected chi connectivity index (χ3v) is 6.31. The lowest BCUT2D eigenvalue weighted by molar-refractivity contribution is 0.0641. The zero-order valence-corrected chi connectivity index (χ0v) is 18.1. The molecule has 0 unspecified atom stereocenters. The number of benzene rings is 1. The van der Waals surface area contributed by atoms with Crippen LogP contribution in [0.15, 0.2) is 23.0 Å². The number of halogens is 2. The normalized spacial score (nSPS) is 16.8. The van der Waals surface area contributed by atoms with Crippen LogP contribution in [0.5, 0.6) is 0 Å². The van der Waals surface area contributed by atoms with Gasteiger partial charge in [0.15, 0.2) is 0 Å². The first kappa shape index (κ1) is 23.0. The summed E-state index contributed by atoms with van der Waals surface area (Å²) in [5, 5.41) is 1.02. The largest absolute Gasteiger partial charge is 0.336 e. The summed E-state index contributed by atoms with van der Waals surface area (Å²) in [4.78, 5) is 32.4. The molecule has 2 aliphatic rings.